The number of hydrogen-bond acceptors (Lipinski definition) is 2. The molecular weight excluding hydrogens is 244 g/mol. The average molecular weight is 274 g/mol. The van der Waals surface area contributed by atoms with Crippen LogP contribution in [-0.4, -0.2) is 42.5 Å². The van der Waals surface area contributed by atoms with Gasteiger partial charge in [0.05, 0.1) is 0 Å². The maximum absolute atomic E-state index is 2.60. The summed E-state index contributed by atoms with van der Waals surface area (Å²) in [5.41, 5.74) is 2.93. The summed E-state index contributed by atoms with van der Waals surface area (Å²) in [5.74, 6) is 0.785. The Balaban J connectivity index is 1.77. The Morgan fingerprint density at radius 2 is 1.45 bits per heavy atom. The number of nitrogens with zero attached hydrogens (tertiary/aromatic N) is 2. The summed E-state index contributed by atoms with van der Waals surface area (Å²) >= 11 is 0. The molecule has 0 radical (unpaired) electrons. The third-order valence-corrected chi connectivity index (χ3v) is 4.06. The maximum atomic E-state index is 2.60. The molecule has 1 heterocycles. The lowest BCUT2D eigenvalue weighted by Gasteiger charge is -2.35. The average Bonchev–Trinajstić information content (AvgIpc) is 2.43. The van der Waals surface area contributed by atoms with Crippen LogP contribution in [0.1, 0.15) is 38.3 Å². The first-order valence-corrected chi connectivity index (χ1v) is 8.20. The predicted octanol–water partition coefficient (Wildman–Crippen LogP) is 3.41. The van der Waals surface area contributed by atoms with Gasteiger partial charge in [0.25, 0.3) is 0 Å². The van der Waals surface area contributed by atoms with E-state index >= 15 is 0 Å². The summed E-state index contributed by atoms with van der Waals surface area (Å²) in [5, 5.41) is 0. The van der Waals surface area contributed by atoms with Crippen LogP contribution in [0.15, 0.2) is 24.3 Å². The smallest absolute Gasteiger partial charge is 0.0234 e. The zero-order chi connectivity index (χ0) is 14.4. The summed E-state index contributed by atoms with van der Waals surface area (Å²) in [6, 6.07) is 9.22. The molecule has 0 saturated carbocycles. The number of hydrogen-bond donors (Lipinski definition) is 0. The summed E-state index contributed by atoms with van der Waals surface area (Å²) < 4.78 is 0. The van der Waals surface area contributed by atoms with Gasteiger partial charge in [0.1, 0.15) is 0 Å². The van der Waals surface area contributed by atoms with E-state index in [9.17, 15) is 0 Å². The van der Waals surface area contributed by atoms with E-state index in [0.29, 0.717) is 0 Å². The fraction of sp³-hybridized carbons (Fsp3) is 0.667. The van der Waals surface area contributed by atoms with Crippen LogP contribution in [0.2, 0.25) is 0 Å². The standard InChI is InChI=1S/C18H30N2/c1-4-5-17-6-8-18(9-7-17)15-20-12-10-19(11-13-20)14-16(2)3/h6-9,16H,4-5,10-15H2,1-3H3. The first-order chi connectivity index (χ1) is 9.67. The van der Waals surface area contributed by atoms with Crippen molar-refractivity contribution in [2.24, 2.45) is 5.92 Å². The van der Waals surface area contributed by atoms with Gasteiger partial charge in [-0.2, -0.15) is 0 Å². The van der Waals surface area contributed by atoms with Gasteiger partial charge in [-0.3, -0.25) is 4.90 Å². The largest absolute Gasteiger partial charge is 0.301 e. The van der Waals surface area contributed by atoms with Crippen molar-refractivity contribution in [2.75, 3.05) is 32.7 Å². The Morgan fingerprint density at radius 3 is 2.00 bits per heavy atom. The van der Waals surface area contributed by atoms with E-state index in [0.717, 1.165) is 12.5 Å². The van der Waals surface area contributed by atoms with Gasteiger partial charge in [0.15, 0.2) is 0 Å². The molecule has 112 valence electrons. The van der Waals surface area contributed by atoms with Crippen LogP contribution in [0.25, 0.3) is 0 Å². The van der Waals surface area contributed by atoms with Gasteiger partial charge in [-0.15, -0.1) is 0 Å². The lowest BCUT2D eigenvalue weighted by atomic mass is 10.1. The molecule has 1 aliphatic rings. The van der Waals surface area contributed by atoms with Crippen LogP contribution in [-0.2, 0) is 13.0 Å². The highest BCUT2D eigenvalue weighted by Gasteiger charge is 2.17. The minimum absolute atomic E-state index is 0.785. The second kappa shape index (κ2) is 7.80. The van der Waals surface area contributed by atoms with Gasteiger partial charge in [0.2, 0.25) is 0 Å². The van der Waals surface area contributed by atoms with Gasteiger partial charge in [-0.25, -0.2) is 0 Å². The molecule has 1 aromatic rings. The van der Waals surface area contributed by atoms with Crippen molar-refractivity contribution in [1.29, 1.82) is 0 Å². The Bertz CT molecular complexity index is 375. The minimum atomic E-state index is 0.785. The molecule has 0 spiro atoms. The van der Waals surface area contributed by atoms with Crippen LogP contribution in [0.4, 0.5) is 0 Å². The second-order valence-electron chi connectivity index (χ2n) is 6.54. The summed E-state index contributed by atoms with van der Waals surface area (Å²) in [6.45, 7) is 14.1. The fourth-order valence-corrected chi connectivity index (χ4v) is 3.00. The number of aryl methyl sites for hydroxylation is 1. The molecule has 2 rings (SSSR count). The van der Waals surface area contributed by atoms with E-state index in [1.54, 1.807) is 0 Å². The summed E-state index contributed by atoms with van der Waals surface area (Å²) in [6.07, 6.45) is 2.44. The first kappa shape index (κ1) is 15.5. The van der Waals surface area contributed by atoms with Crippen molar-refractivity contribution in [3.63, 3.8) is 0 Å². The Morgan fingerprint density at radius 1 is 0.900 bits per heavy atom. The zero-order valence-electron chi connectivity index (χ0n) is 13.4. The molecule has 1 fully saturated rings. The quantitative estimate of drug-likeness (QED) is 0.784. The molecule has 1 saturated heterocycles. The molecular formula is C18H30N2. The van der Waals surface area contributed by atoms with Crippen molar-refractivity contribution in [3.8, 4) is 0 Å². The highest BCUT2D eigenvalue weighted by molar-refractivity contribution is 5.22. The lowest BCUT2D eigenvalue weighted by Crippen LogP contribution is -2.46. The number of piperazine rings is 1. The Kier molecular flexibility index (Phi) is 6.06. The zero-order valence-corrected chi connectivity index (χ0v) is 13.4. The first-order valence-electron chi connectivity index (χ1n) is 8.20. The third kappa shape index (κ3) is 4.92. The highest BCUT2D eigenvalue weighted by atomic mass is 15.3. The normalized spacial score (nSPS) is 17.8. The van der Waals surface area contributed by atoms with Gasteiger partial charge >= 0.3 is 0 Å². The summed E-state index contributed by atoms with van der Waals surface area (Å²) in [4.78, 5) is 5.19. The van der Waals surface area contributed by atoms with Gasteiger partial charge in [-0.1, -0.05) is 51.5 Å². The molecule has 2 heteroatoms. The highest BCUT2D eigenvalue weighted by Crippen LogP contribution is 2.12. The molecule has 2 nitrogen and oxygen atoms in total. The van der Waals surface area contributed by atoms with Crippen molar-refractivity contribution in [2.45, 2.75) is 40.2 Å². The van der Waals surface area contributed by atoms with Gasteiger partial charge in [-0.05, 0) is 23.5 Å². The topological polar surface area (TPSA) is 6.48 Å². The minimum Gasteiger partial charge on any atom is -0.301 e. The van der Waals surface area contributed by atoms with E-state index in [4.69, 9.17) is 0 Å². The second-order valence-corrected chi connectivity index (χ2v) is 6.54. The molecule has 0 bridgehead atoms. The molecule has 1 aliphatic heterocycles. The van der Waals surface area contributed by atoms with Crippen LogP contribution in [0.5, 0.6) is 0 Å². The van der Waals surface area contributed by atoms with Crippen molar-refractivity contribution in [1.82, 2.24) is 9.80 Å². The van der Waals surface area contributed by atoms with E-state index < -0.39 is 0 Å². The van der Waals surface area contributed by atoms with E-state index in [1.165, 1.54) is 56.7 Å². The van der Waals surface area contributed by atoms with Crippen molar-refractivity contribution < 1.29 is 0 Å². The number of benzene rings is 1. The Hall–Kier alpha value is -0.860. The van der Waals surface area contributed by atoms with Gasteiger partial charge in [0, 0.05) is 39.3 Å². The van der Waals surface area contributed by atoms with E-state index in [1.807, 2.05) is 0 Å². The monoisotopic (exact) mass is 274 g/mol. The van der Waals surface area contributed by atoms with Crippen LogP contribution in [0, 0.1) is 5.92 Å². The molecule has 0 atom stereocenters. The number of rotatable bonds is 6. The van der Waals surface area contributed by atoms with Crippen molar-refractivity contribution in [3.05, 3.63) is 35.4 Å². The van der Waals surface area contributed by atoms with Crippen LogP contribution < -0.4 is 0 Å². The molecule has 1 aromatic carbocycles. The van der Waals surface area contributed by atoms with Crippen LogP contribution in [0.3, 0.4) is 0 Å². The van der Waals surface area contributed by atoms with Crippen LogP contribution >= 0.6 is 0 Å². The van der Waals surface area contributed by atoms with Crippen molar-refractivity contribution >= 4 is 0 Å². The Labute approximate surface area is 124 Å². The predicted molar refractivity (Wildman–Crippen MR) is 87.0 cm³/mol. The van der Waals surface area contributed by atoms with Gasteiger partial charge < -0.3 is 4.90 Å². The summed E-state index contributed by atoms with van der Waals surface area (Å²) in [7, 11) is 0. The van der Waals surface area contributed by atoms with E-state index in [-0.39, 0.29) is 0 Å². The third-order valence-electron chi connectivity index (χ3n) is 4.06. The molecule has 0 N–H and O–H groups in total. The molecule has 20 heavy (non-hydrogen) atoms. The SMILES string of the molecule is CCCc1ccc(CN2CCN(CC(C)C)CC2)cc1. The van der Waals surface area contributed by atoms with E-state index in [2.05, 4.69) is 54.8 Å². The molecule has 0 unspecified atom stereocenters. The maximum Gasteiger partial charge on any atom is 0.0234 e. The molecule has 0 aliphatic carbocycles. The molecule has 0 aromatic heterocycles. The fourth-order valence-electron chi connectivity index (χ4n) is 3.00. The molecule has 0 amide bonds. The lowest BCUT2D eigenvalue weighted by molar-refractivity contribution is 0.117.